The molecule has 0 aliphatic carbocycles. The fourth-order valence-corrected chi connectivity index (χ4v) is 5.13. The van der Waals surface area contributed by atoms with Crippen molar-refractivity contribution in [3.05, 3.63) is 76.7 Å². The molecule has 1 fully saturated rings. The molecule has 1 N–H and O–H groups in total. The van der Waals surface area contributed by atoms with Crippen molar-refractivity contribution in [2.45, 2.75) is 26.9 Å². The molecule has 1 amide bonds. The van der Waals surface area contributed by atoms with Gasteiger partial charge in [-0.3, -0.25) is 9.69 Å². The zero-order valence-electron chi connectivity index (χ0n) is 20.3. The van der Waals surface area contributed by atoms with Crippen molar-refractivity contribution in [3.63, 3.8) is 0 Å². The summed E-state index contributed by atoms with van der Waals surface area (Å²) >= 11 is 1.61. The molecule has 36 heavy (non-hydrogen) atoms. The van der Waals surface area contributed by atoms with Gasteiger partial charge in [-0.2, -0.15) is 5.10 Å². The molecule has 1 saturated heterocycles. The van der Waals surface area contributed by atoms with Crippen LogP contribution in [0.1, 0.15) is 35.5 Å². The van der Waals surface area contributed by atoms with Gasteiger partial charge in [-0.05, 0) is 49.7 Å². The second kappa shape index (κ2) is 10.7. The number of rotatable bonds is 7. The smallest absolute Gasteiger partial charge is 0.273 e. The second-order valence-electron chi connectivity index (χ2n) is 8.74. The summed E-state index contributed by atoms with van der Waals surface area (Å²) in [5.41, 5.74) is 7.56. The Balaban J connectivity index is 1.39. The number of thiazole rings is 1. The quantitative estimate of drug-likeness (QED) is 0.286. The summed E-state index contributed by atoms with van der Waals surface area (Å²) in [6, 6.07) is 12.2. The van der Waals surface area contributed by atoms with Crippen LogP contribution >= 0.6 is 11.3 Å². The van der Waals surface area contributed by atoms with Gasteiger partial charge in [0.1, 0.15) is 10.8 Å². The van der Waals surface area contributed by atoms with Gasteiger partial charge in [-0.1, -0.05) is 12.1 Å². The van der Waals surface area contributed by atoms with Crippen molar-refractivity contribution in [3.8, 4) is 10.6 Å². The van der Waals surface area contributed by atoms with Crippen LogP contribution in [0.2, 0.25) is 0 Å². The van der Waals surface area contributed by atoms with Crippen molar-refractivity contribution >= 4 is 33.9 Å². The summed E-state index contributed by atoms with van der Waals surface area (Å²) in [4.78, 5) is 20.3. The number of aryl methyl sites for hydroxylation is 1. The second-order valence-corrected chi connectivity index (χ2v) is 9.60. The summed E-state index contributed by atoms with van der Waals surface area (Å²) < 4.78 is 20.7. The Morgan fingerprint density at radius 3 is 2.72 bits per heavy atom. The molecule has 5 rings (SSSR count). The average molecular weight is 506 g/mol. The molecule has 7 nitrogen and oxygen atoms in total. The highest BCUT2D eigenvalue weighted by Gasteiger charge is 2.17. The van der Waals surface area contributed by atoms with Crippen LogP contribution in [-0.2, 0) is 17.8 Å². The number of hydrogen-bond acceptors (Lipinski definition) is 6. The van der Waals surface area contributed by atoms with Crippen LogP contribution < -0.4 is 5.43 Å². The number of benzene rings is 2. The highest BCUT2D eigenvalue weighted by atomic mass is 32.1. The summed E-state index contributed by atoms with van der Waals surface area (Å²) in [6.07, 6.45) is 1.86. The molecule has 0 atom stereocenters. The van der Waals surface area contributed by atoms with Gasteiger partial charge in [0.15, 0.2) is 0 Å². The lowest BCUT2D eigenvalue weighted by molar-refractivity contribution is 0.0337. The minimum absolute atomic E-state index is 0.294. The normalized spacial score (nSPS) is 14.9. The Bertz CT molecular complexity index is 1400. The van der Waals surface area contributed by atoms with Crippen LogP contribution in [0.25, 0.3) is 21.5 Å². The van der Waals surface area contributed by atoms with Crippen LogP contribution in [0.5, 0.6) is 0 Å². The molecule has 9 heteroatoms. The van der Waals surface area contributed by atoms with Gasteiger partial charge >= 0.3 is 0 Å². The molecule has 2 aromatic heterocycles. The Labute approximate surface area is 213 Å². The van der Waals surface area contributed by atoms with Gasteiger partial charge in [-0.15, -0.1) is 11.3 Å². The van der Waals surface area contributed by atoms with E-state index in [0.29, 0.717) is 11.3 Å². The molecule has 0 unspecified atom stereocenters. The zero-order chi connectivity index (χ0) is 25.1. The van der Waals surface area contributed by atoms with E-state index in [1.54, 1.807) is 30.4 Å². The zero-order valence-corrected chi connectivity index (χ0v) is 21.1. The lowest BCUT2D eigenvalue weighted by atomic mass is 10.1. The van der Waals surface area contributed by atoms with Crippen LogP contribution in [0, 0.1) is 5.82 Å². The number of carbonyl (C=O) groups excluding carboxylic acids is 1. The Morgan fingerprint density at radius 1 is 1.19 bits per heavy atom. The number of ether oxygens (including phenoxy) is 1. The third-order valence-corrected chi connectivity index (χ3v) is 7.28. The van der Waals surface area contributed by atoms with Crippen LogP contribution in [0.4, 0.5) is 4.39 Å². The summed E-state index contributed by atoms with van der Waals surface area (Å²) in [6.45, 7) is 8.74. The Kier molecular flexibility index (Phi) is 7.22. The molecule has 186 valence electrons. The van der Waals surface area contributed by atoms with Crippen molar-refractivity contribution in [1.82, 2.24) is 19.9 Å². The highest BCUT2D eigenvalue weighted by Crippen LogP contribution is 2.30. The molecular formula is C27H28FN5O2S. The third-order valence-electron chi connectivity index (χ3n) is 6.34. The first-order valence-electron chi connectivity index (χ1n) is 12.0. The number of morpholine rings is 1. The SMILES string of the molecule is CCn1cc(C(=O)N/N=C(\C)c2ccc(F)cc2)c2cc(-c3nc(CN4CCOCC4)cs3)ccc21. The maximum absolute atomic E-state index is 13.2. The van der Waals surface area contributed by atoms with Gasteiger partial charge in [0.2, 0.25) is 0 Å². The molecule has 3 heterocycles. The lowest BCUT2D eigenvalue weighted by Crippen LogP contribution is -2.35. The van der Waals surface area contributed by atoms with E-state index in [9.17, 15) is 9.18 Å². The summed E-state index contributed by atoms with van der Waals surface area (Å²) in [5.74, 6) is -0.606. The fraction of sp³-hybridized carbons (Fsp3) is 0.296. The molecule has 1 aliphatic heterocycles. The summed E-state index contributed by atoms with van der Waals surface area (Å²) in [5, 5.41) is 8.13. The minimum Gasteiger partial charge on any atom is -0.379 e. The fourth-order valence-electron chi connectivity index (χ4n) is 4.32. The largest absolute Gasteiger partial charge is 0.379 e. The van der Waals surface area contributed by atoms with E-state index in [-0.39, 0.29) is 11.7 Å². The van der Waals surface area contributed by atoms with Gasteiger partial charge in [-0.25, -0.2) is 14.8 Å². The van der Waals surface area contributed by atoms with Crippen molar-refractivity contribution < 1.29 is 13.9 Å². The average Bonchev–Trinajstić information content (AvgIpc) is 3.52. The molecule has 2 aromatic carbocycles. The molecular weight excluding hydrogens is 477 g/mol. The van der Waals surface area contributed by atoms with Gasteiger partial charge in [0, 0.05) is 54.2 Å². The number of hydrogen-bond donors (Lipinski definition) is 1. The maximum atomic E-state index is 13.2. The number of nitrogens with zero attached hydrogens (tertiary/aromatic N) is 4. The Morgan fingerprint density at radius 2 is 1.97 bits per heavy atom. The van der Waals surface area contributed by atoms with E-state index in [4.69, 9.17) is 9.72 Å². The molecule has 4 aromatic rings. The topological polar surface area (TPSA) is 71.8 Å². The minimum atomic E-state index is -0.313. The van der Waals surface area contributed by atoms with Crippen molar-refractivity contribution in [1.29, 1.82) is 0 Å². The van der Waals surface area contributed by atoms with Gasteiger partial charge < -0.3 is 9.30 Å². The Hall–Kier alpha value is -3.40. The maximum Gasteiger partial charge on any atom is 0.273 e. The predicted octanol–water partition coefficient (Wildman–Crippen LogP) is 4.91. The standard InChI is InChI=1S/C27H28FN5O2S/c1-3-33-16-24(26(34)31-30-18(2)19-4-7-21(28)8-5-19)23-14-20(6-9-25(23)33)27-29-22(17-36-27)15-32-10-12-35-13-11-32/h4-9,14,16-17H,3,10-13,15H2,1-2H3,(H,31,34)/b30-18+. The number of fused-ring (bicyclic) bond motifs is 1. The molecule has 1 aliphatic rings. The van der Waals surface area contributed by atoms with E-state index in [1.165, 1.54) is 12.1 Å². The first-order valence-corrected chi connectivity index (χ1v) is 12.9. The molecule has 0 saturated carbocycles. The predicted molar refractivity (Wildman–Crippen MR) is 141 cm³/mol. The van der Waals surface area contributed by atoms with Crippen molar-refractivity contribution in [2.24, 2.45) is 5.10 Å². The van der Waals surface area contributed by atoms with Crippen LogP contribution in [0.3, 0.4) is 0 Å². The summed E-state index contributed by atoms with van der Waals surface area (Å²) in [7, 11) is 0. The highest BCUT2D eigenvalue weighted by molar-refractivity contribution is 7.13. The van der Waals surface area contributed by atoms with E-state index in [2.05, 4.69) is 31.4 Å². The molecule has 0 spiro atoms. The van der Waals surface area contributed by atoms with Crippen LogP contribution in [0.15, 0.2) is 59.1 Å². The van der Waals surface area contributed by atoms with Gasteiger partial charge in [0.05, 0.1) is 30.2 Å². The molecule has 0 radical (unpaired) electrons. The number of amides is 1. The van der Waals surface area contributed by atoms with Crippen molar-refractivity contribution in [2.75, 3.05) is 26.3 Å². The lowest BCUT2D eigenvalue weighted by Gasteiger charge is -2.25. The van der Waals surface area contributed by atoms with E-state index in [0.717, 1.165) is 72.1 Å². The van der Waals surface area contributed by atoms with Crippen LogP contribution in [-0.4, -0.2) is 52.4 Å². The van der Waals surface area contributed by atoms with E-state index in [1.807, 2.05) is 25.3 Å². The first kappa shape index (κ1) is 24.3. The van der Waals surface area contributed by atoms with Gasteiger partial charge in [0.25, 0.3) is 5.91 Å². The molecule has 0 bridgehead atoms. The number of halogens is 1. The number of hydrazone groups is 1. The van der Waals surface area contributed by atoms with E-state index >= 15 is 0 Å². The van der Waals surface area contributed by atoms with E-state index < -0.39 is 0 Å². The number of nitrogens with one attached hydrogen (secondary N) is 1. The number of carbonyl (C=O) groups is 1. The number of aromatic nitrogens is 2. The first-order chi connectivity index (χ1) is 17.5. The monoisotopic (exact) mass is 505 g/mol. The third kappa shape index (κ3) is 5.23.